The van der Waals surface area contributed by atoms with Crippen LogP contribution in [0.15, 0.2) is 53.2 Å². The molecule has 0 saturated heterocycles. The van der Waals surface area contributed by atoms with E-state index in [2.05, 4.69) is 29.0 Å². The molecule has 1 aliphatic heterocycles. The lowest BCUT2D eigenvalue weighted by molar-refractivity contribution is 0.389. The van der Waals surface area contributed by atoms with Gasteiger partial charge < -0.3 is 25.5 Å². The number of anilines is 1. The van der Waals surface area contributed by atoms with Gasteiger partial charge in [-0.25, -0.2) is 0 Å². The van der Waals surface area contributed by atoms with Gasteiger partial charge in [-0.15, -0.1) is 17.9 Å². The highest BCUT2D eigenvalue weighted by atomic mass is 32.1. The molecule has 31 heavy (non-hydrogen) atoms. The van der Waals surface area contributed by atoms with Crippen molar-refractivity contribution in [1.82, 2.24) is 4.98 Å². The first-order valence-electron chi connectivity index (χ1n) is 9.23. The van der Waals surface area contributed by atoms with Gasteiger partial charge in [-0.1, -0.05) is 24.3 Å². The largest absolute Gasteiger partial charge is 0.496 e. The van der Waals surface area contributed by atoms with E-state index < -0.39 is 11.5 Å². The number of H-pyrrole nitrogens is 1. The molecule has 0 radical (unpaired) electrons. The summed E-state index contributed by atoms with van der Waals surface area (Å²) in [5, 5.41) is 23.1. The fourth-order valence-corrected chi connectivity index (χ4v) is 4.77. The maximum atomic E-state index is 13.2. The van der Waals surface area contributed by atoms with Gasteiger partial charge >= 0.3 is 0 Å². The van der Waals surface area contributed by atoms with E-state index in [0.717, 1.165) is 0 Å². The van der Waals surface area contributed by atoms with Crippen LogP contribution in [0.3, 0.4) is 0 Å². The minimum absolute atomic E-state index is 0.0923. The molecule has 3 heterocycles. The molecule has 0 fully saturated rings. The molecule has 0 amide bonds. The van der Waals surface area contributed by atoms with E-state index in [1.54, 1.807) is 30.3 Å². The second-order valence-electron chi connectivity index (χ2n) is 6.66. The third kappa shape index (κ3) is 3.08. The van der Waals surface area contributed by atoms with Crippen LogP contribution in [0.5, 0.6) is 11.5 Å². The Balaban J connectivity index is 2.06. The van der Waals surface area contributed by atoms with E-state index in [-0.39, 0.29) is 22.8 Å². The van der Waals surface area contributed by atoms with Crippen LogP contribution >= 0.6 is 11.3 Å². The minimum Gasteiger partial charge on any atom is -0.496 e. The number of allylic oxidation sites excluding steroid dienone is 1. The van der Waals surface area contributed by atoms with Gasteiger partial charge in [-0.3, -0.25) is 4.79 Å². The smallest absolute Gasteiger partial charge is 0.256 e. The maximum Gasteiger partial charge on any atom is 0.256 e. The van der Waals surface area contributed by atoms with Crippen molar-refractivity contribution in [3.8, 4) is 23.6 Å². The minimum atomic E-state index is -0.782. The van der Waals surface area contributed by atoms with Gasteiger partial charge in [-0.05, 0) is 6.07 Å². The number of aromatic nitrogens is 1. The number of benzene rings is 1. The molecular formula is C22H17N5O3S. The Bertz CT molecular complexity index is 1390. The first-order valence-corrected chi connectivity index (χ1v) is 10.0. The molecule has 4 N–H and O–H groups in total. The third-order valence-electron chi connectivity index (χ3n) is 4.99. The van der Waals surface area contributed by atoms with Crippen LogP contribution in [-0.2, 0) is 0 Å². The van der Waals surface area contributed by atoms with Crippen LogP contribution in [0.2, 0.25) is 0 Å². The van der Waals surface area contributed by atoms with Crippen LogP contribution in [0.25, 0.3) is 10.2 Å². The Morgan fingerprint density at radius 2 is 2.16 bits per heavy atom. The second-order valence-corrected chi connectivity index (χ2v) is 7.68. The van der Waals surface area contributed by atoms with Crippen molar-refractivity contribution < 1.29 is 9.47 Å². The third-order valence-corrected chi connectivity index (χ3v) is 6.13. The van der Waals surface area contributed by atoms with Gasteiger partial charge in [-0.2, -0.15) is 10.5 Å². The molecule has 1 aromatic carbocycles. The number of methoxy groups -OCH3 is 1. The van der Waals surface area contributed by atoms with E-state index in [0.29, 0.717) is 38.6 Å². The highest BCUT2D eigenvalue weighted by molar-refractivity contribution is 7.23. The van der Waals surface area contributed by atoms with E-state index >= 15 is 0 Å². The number of nitriles is 2. The predicted molar refractivity (Wildman–Crippen MR) is 118 cm³/mol. The highest BCUT2D eigenvalue weighted by Crippen LogP contribution is 2.48. The maximum absolute atomic E-state index is 13.2. The summed E-state index contributed by atoms with van der Waals surface area (Å²) in [7, 11) is 1.52. The molecule has 1 atom stereocenters. The van der Waals surface area contributed by atoms with Crippen LogP contribution in [0.4, 0.5) is 5.00 Å². The lowest BCUT2D eigenvalue weighted by atomic mass is 9.83. The zero-order valence-corrected chi connectivity index (χ0v) is 17.3. The number of nitrogens with two attached hydrogens (primary N) is 1. The van der Waals surface area contributed by atoms with Crippen LogP contribution in [0.1, 0.15) is 22.6 Å². The van der Waals surface area contributed by atoms with Gasteiger partial charge in [0, 0.05) is 12.1 Å². The van der Waals surface area contributed by atoms with Crippen molar-refractivity contribution >= 4 is 26.6 Å². The van der Waals surface area contributed by atoms with E-state index in [1.165, 1.54) is 18.4 Å². The second kappa shape index (κ2) is 7.90. The summed E-state index contributed by atoms with van der Waals surface area (Å²) < 4.78 is 11.8. The Hall–Kier alpha value is -4.21. The molecule has 0 aliphatic carbocycles. The number of rotatable bonds is 5. The zero-order valence-electron chi connectivity index (χ0n) is 16.5. The normalized spacial score (nSPS) is 14.9. The number of fused-ring (bicyclic) bond motifs is 3. The average molecular weight is 431 g/mol. The van der Waals surface area contributed by atoms with Crippen molar-refractivity contribution in [2.45, 2.75) is 5.92 Å². The van der Waals surface area contributed by atoms with Gasteiger partial charge in [0.2, 0.25) is 5.88 Å². The quantitative estimate of drug-likeness (QED) is 0.527. The number of nitrogens with one attached hydrogen (secondary N) is 2. The van der Waals surface area contributed by atoms with Crippen LogP contribution in [-0.4, -0.2) is 18.6 Å². The molecule has 0 bridgehead atoms. The summed E-state index contributed by atoms with van der Waals surface area (Å²) >= 11 is 1.26. The number of nitrogens with zero attached hydrogens (tertiary/aromatic N) is 2. The number of thiophene rings is 1. The summed E-state index contributed by atoms with van der Waals surface area (Å²) in [6, 6.07) is 11.3. The van der Waals surface area contributed by atoms with Crippen molar-refractivity contribution in [2.75, 3.05) is 19.0 Å². The number of hydrogen-bond acceptors (Lipinski definition) is 8. The molecule has 0 spiro atoms. The number of ether oxygens (including phenoxy) is 2. The number of para-hydroxylation sites is 1. The number of aromatic amines is 1. The predicted octanol–water partition coefficient (Wildman–Crippen LogP) is 3.29. The van der Waals surface area contributed by atoms with Gasteiger partial charge in [0.25, 0.3) is 5.56 Å². The van der Waals surface area contributed by atoms with Crippen molar-refractivity contribution in [3.63, 3.8) is 0 Å². The Morgan fingerprint density at radius 1 is 1.39 bits per heavy atom. The van der Waals surface area contributed by atoms with Gasteiger partial charge in [0.05, 0.1) is 28.8 Å². The molecule has 154 valence electrons. The van der Waals surface area contributed by atoms with E-state index in [1.807, 2.05) is 0 Å². The summed E-state index contributed by atoms with van der Waals surface area (Å²) in [6.07, 6.45) is 1.66. The first kappa shape index (κ1) is 20.1. The van der Waals surface area contributed by atoms with Crippen molar-refractivity contribution in [2.24, 2.45) is 5.73 Å². The fraction of sp³-hybridized carbons (Fsp3) is 0.136. The molecular weight excluding hydrogens is 414 g/mol. The highest BCUT2D eigenvalue weighted by Gasteiger charge is 2.37. The molecule has 3 aromatic rings. The Labute approximate surface area is 181 Å². The van der Waals surface area contributed by atoms with Crippen molar-refractivity contribution in [3.05, 3.63) is 75.4 Å². The molecule has 0 saturated carbocycles. The summed E-state index contributed by atoms with van der Waals surface area (Å²) in [5.41, 5.74) is 7.27. The van der Waals surface area contributed by atoms with Crippen molar-refractivity contribution in [1.29, 1.82) is 10.5 Å². The molecule has 1 aliphatic rings. The standard InChI is InChI=1S/C22H17N5O3S/c1-3-8-26-22-13(10-24)17-19(31-22)18-16(21(28)27-17)15(12(9-23)20(25)30-18)11-6-4-5-7-14(11)29-2/h3-7,15,26H,1,8,25H2,2H3,(H,27,28)/t15-/m0/s1. The lowest BCUT2D eigenvalue weighted by Gasteiger charge is -2.26. The van der Waals surface area contributed by atoms with Gasteiger partial charge in [0.1, 0.15) is 34.0 Å². The molecule has 2 aromatic heterocycles. The summed E-state index contributed by atoms with van der Waals surface area (Å²) in [4.78, 5) is 16.0. The lowest BCUT2D eigenvalue weighted by Crippen LogP contribution is -2.27. The van der Waals surface area contributed by atoms with E-state index in [4.69, 9.17) is 15.2 Å². The average Bonchev–Trinajstić information content (AvgIpc) is 3.14. The molecule has 0 unspecified atom stereocenters. The van der Waals surface area contributed by atoms with E-state index in [9.17, 15) is 15.3 Å². The molecule has 8 nitrogen and oxygen atoms in total. The topological polar surface area (TPSA) is 137 Å². The fourth-order valence-electron chi connectivity index (χ4n) is 3.66. The monoisotopic (exact) mass is 431 g/mol. The zero-order chi connectivity index (χ0) is 22.1. The number of hydrogen-bond donors (Lipinski definition) is 3. The summed E-state index contributed by atoms with van der Waals surface area (Å²) in [5.74, 6) is -0.127. The number of pyridine rings is 1. The van der Waals surface area contributed by atoms with Gasteiger partial charge in [0.15, 0.2) is 5.75 Å². The molecule has 4 rings (SSSR count). The summed E-state index contributed by atoms with van der Waals surface area (Å²) in [6.45, 7) is 4.11. The molecule has 9 heteroatoms. The Morgan fingerprint density at radius 3 is 2.84 bits per heavy atom. The first-order chi connectivity index (χ1) is 15.0. The Kier molecular flexibility index (Phi) is 5.12. The van der Waals surface area contributed by atoms with Crippen LogP contribution in [0, 0.1) is 22.7 Å². The SMILES string of the molecule is C=CCNc1sc2c3c(c(=O)[nH]c2c1C#N)[C@@H](c1ccccc1OC)C(C#N)=C(N)O3. The van der Waals surface area contributed by atoms with Crippen LogP contribution < -0.4 is 26.1 Å².